The van der Waals surface area contributed by atoms with Crippen LogP contribution in [-0.4, -0.2) is 12.0 Å². The van der Waals surface area contributed by atoms with Gasteiger partial charge in [0.1, 0.15) is 5.75 Å². The van der Waals surface area contributed by atoms with Crippen LogP contribution in [-0.2, 0) is 4.79 Å². The van der Waals surface area contributed by atoms with Crippen LogP contribution in [0.1, 0.15) is 43.0 Å². The summed E-state index contributed by atoms with van der Waals surface area (Å²) in [5.41, 5.74) is 3.59. The van der Waals surface area contributed by atoms with Gasteiger partial charge in [-0.05, 0) is 62.1 Å². The van der Waals surface area contributed by atoms with Gasteiger partial charge in [0, 0.05) is 5.02 Å². The van der Waals surface area contributed by atoms with E-state index in [1.165, 1.54) is 11.1 Å². The summed E-state index contributed by atoms with van der Waals surface area (Å²) >= 11 is 5.94. The van der Waals surface area contributed by atoms with Gasteiger partial charge in [-0.25, -0.2) is 0 Å². The van der Waals surface area contributed by atoms with E-state index in [4.69, 9.17) is 16.3 Å². The Labute approximate surface area is 149 Å². The summed E-state index contributed by atoms with van der Waals surface area (Å²) in [6.07, 6.45) is 0.224. The molecule has 0 radical (unpaired) electrons. The second-order valence-electron chi connectivity index (χ2n) is 6.03. The fourth-order valence-corrected chi connectivity index (χ4v) is 2.67. The number of carbonyl (C=O) groups is 1. The number of carbonyl (C=O) groups excluding carboxylic acids is 1. The second kappa shape index (κ2) is 8.20. The number of benzene rings is 2. The zero-order valence-corrected chi connectivity index (χ0v) is 15.4. The number of nitrogens with one attached hydrogen (secondary N) is 1. The van der Waals surface area contributed by atoms with Crippen LogP contribution in [0.15, 0.2) is 42.5 Å². The first-order chi connectivity index (χ1) is 11.4. The van der Waals surface area contributed by atoms with E-state index in [1.807, 2.05) is 0 Å². The van der Waals surface area contributed by atoms with Gasteiger partial charge in [0.05, 0.1) is 6.04 Å². The molecule has 1 N–H and O–H groups in total. The zero-order valence-electron chi connectivity index (χ0n) is 14.6. The minimum Gasteiger partial charge on any atom is -0.481 e. The molecule has 0 heterocycles. The molecule has 0 bridgehead atoms. The first-order valence-electron chi connectivity index (χ1n) is 8.20. The van der Waals surface area contributed by atoms with E-state index in [-0.39, 0.29) is 11.9 Å². The number of aryl methyl sites for hydroxylation is 2. The van der Waals surface area contributed by atoms with Crippen LogP contribution in [0.3, 0.4) is 0 Å². The molecule has 0 saturated carbocycles. The maximum Gasteiger partial charge on any atom is 0.261 e. The first kappa shape index (κ1) is 18.3. The molecule has 0 aliphatic carbocycles. The lowest BCUT2D eigenvalue weighted by Crippen LogP contribution is -2.38. The summed E-state index contributed by atoms with van der Waals surface area (Å²) < 4.78 is 5.68. The van der Waals surface area contributed by atoms with Crippen LogP contribution < -0.4 is 10.1 Å². The van der Waals surface area contributed by atoms with Crippen molar-refractivity contribution in [1.29, 1.82) is 0 Å². The van der Waals surface area contributed by atoms with Crippen molar-refractivity contribution in [2.24, 2.45) is 0 Å². The number of hydrogen-bond acceptors (Lipinski definition) is 2. The number of ether oxygens (including phenoxy) is 1. The van der Waals surface area contributed by atoms with E-state index in [0.29, 0.717) is 10.8 Å². The lowest BCUT2D eigenvalue weighted by Gasteiger charge is -2.21. The molecule has 3 nitrogen and oxygen atoms in total. The predicted octanol–water partition coefficient (Wildman–Crippen LogP) is 4.99. The monoisotopic (exact) mass is 345 g/mol. The molecule has 1 amide bonds. The van der Waals surface area contributed by atoms with E-state index < -0.39 is 6.10 Å². The number of amides is 1. The van der Waals surface area contributed by atoms with E-state index >= 15 is 0 Å². The van der Waals surface area contributed by atoms with Gasteiger partial charge in [0.15, 0.2) is 6.10 Å². The lowest BCUT2D eigenvalue weighted by atomic mass is 9.99. The van der Waals surface area contributed by atoms with Gasteiger partial charge in [0.25, 0.3) is 5.91 Å². The molecular formula is C20H24ClNO2. The molecule has 0 unspecified atom stereocenters. The Morgan fingerprint density at radius 3 is 2.54 bits per heavy atom. The highest BCUT2D eigenvalue weighted by Gasteiger charge is 2.19. The Morgan fingerprint density at radius 1 is 1.17 bits per heavy atom. The van der Waals surface area contributed by atoms with Crippen LogP contribution in [0.25, 0.3) is 0 Å². The van der Waals surface area contributed by atoms with Gasteiger partial charge in [0.2, 0.25) is 0 Å². The molecule has 0 aliphatic rings. The quantitative estimate of drug-likeness (QED) is 0.800. The molecule has 0 aliphatic heterocycles. The summed E-state index contributed by atoms with van der Waals surface area (Å²) in [5, 5.41) is 3.65. The molecule has 128 valence electrons. The maximum atomic E-state index is 12.5. The van der Waals surface area contributed by atoms with Gasteiger partial charge in [-0.1, -0.05) is 42.8 Å². The van der Waals surface area contributed by atoms with Crippen LogP contribution >= 0.6 is 11.6 Å². The Balaban J connectivity index is 2.04. The molecule has 24 heavy (non-hydrogen) atoms. The van der Waals surface area contributed by atoms with Crippen molar-refractivity contribution >= 4 is 17.5 Å². The Hall–Kier alpha value is -2.00. The highest BCUT2D eigenvalue weighted by Crippen LogP contribution is 2.21. The highest BCUT2D eigenvalue weighted by atomic mass is 35.5. The predicted molar refractivity (Wildman–Crippen MR) is 98.6 cm³/mol. The average molecular weight is 346 g/mol. The normalized spacial score (nSPS) is 13.2. The fourth-order valence-electron chi connectivity index (χ4n) is 2.49. The SMILES string of the molecule is CC[C@H](NC(=O)[C@H](C)Oc1cccc(Cl)c1)c1ccc(C)c(C)c1. The smallest absolute Gasteiger partial charge is 0.261 e. The highest BCUT2D eigenvalue weighted by molar-refractivity contribution is 6.30. The topological polar surface area (TPSA) is 38.3 Å². The summed E-state index contributed by atoms with van der Waals surface area (Å²) in [7, 11) is 0. The number of rotatable bonds is 6. The second-order valence-corrected chi connectivity index (χ2v) is 6.47. The molecule has 2 aromatic carbocycles. The molecule has 2 aromatic rings. The third kappa shape index (κ3) is 4.75. The van der Waals surface area contributed by atoms with Crippen molar-refractivity contribution in [3.05, 3.63) is 64.2 Å². The zero-order chi connectivity index (χ0) is 17.7. The Bertz CT molecular complexity index is 715. The van der Waals surface area contributed by atoms with Crippen LogP contribution in [0, 0.1) is 13.8 Å². The first-order valence-corrected chi connectivity index (χ1v) is 8.58. The molecule has 0 fully saturated rings. The van der Waals surface area contributed by atoms with Crippen molar-refractivity contribution in [1.82, 2.24) is 5.32 Å². The van der Waals surface area contributed by atoms with Crippen molar-refractivity contribution in [2.75, 3.05) is 0 Å². The van der Waals surface area contributed by atoms with Crippen molar-refractivity contribution < 1.29 is 9.53 Å². The van der Waals surface area contributed by atoms with Crippen molar-refractivity contribution in [3.63, 3.8) is 0 Å². The largest absolute Gasteiger partial charge is 0.481 e. The molecule has 2 rings (SSSR count). The molecule has 0 aromatic heterocycles. The van der Waals surface area contributed by atoms with Crippen molar-refractivity contribution in [3.8, 4) is 5.75 Å². The Kier molecular flexibility index (Phi) is 6.27. The lowest BCUT2D eigenvalue weighted by molar-refractivity contribution is -0.128. The Morgan fingerprint density at radius 2 is 1.92 bits per heavy atom. The van der Waals surface area contributed by atoms with Crippen LogP contribution in [0.2, 0.25) is 5.02 Å². The van der Waals surface area contributed by atoms with Crippen LogP contribution in [0.4, 0.5) is 0 Å². The third-order valence-electron chi connectivity index (χ3n) is 4.14. The minimum absolute atomic E-state index is 0.0257. The van der Waals surface area contributed by atoms with Gasteiger partial charge in [-0.3, -0.25) is 4.79 Å². The minimum atomic E-state index is -0.593. The summed E-state index contributed by atoms with van der Waals surface area (Å²) in [6, 6.07) is 13.3. The standard InChI is InChI=1S/C20H24ClNO2/c1-5-19(16-10-9-13(2)14(3)11-16)22-20(23)15(4)24-18-8-6-7-17(21)12-18/h6-12,15,19H,5H2,1-4H3,(H,22,23)/t15-,19-/m0/s1. The average Bonchev–Trinajstić information content (AvgIpc) is 2.55. The van der Waals surface area contributed by atoms with E-state index in [0.717, 1.165) is 12.0 Å². The fraction of sp³-hybridized carbons (Fsp3) is 0.350. The van der Waals surface area contributed by atoms with Crippen molar-refractivity contribution in [2.45, 2.75) is 46.3 Å². The van der Waals surface area contributed by atoms with E-state index in [2.05, 4.69) is 44.3 Å². The molecule has 4 heteroatoms. The maximum absolute atomic E-state index is 12.5. The summed E-state index contributed by atoms with van der Waals surface area (Å²) in [4.78, 5) is 12.5. The van der Waals surface area contributed by atoms with Gasteiger partial charge >= 0.3 is 0 Å². The number of halogens is 1. The molecule has 2 atom stereocenters. The van der Waals surface area contributed by atoms with E-state index in [9.17, 15) is 4.79 Å². The summed E-state index contributed by atoms with van der Waals surface area (Å²) in [5.74, 6) is 0.449. The molecular weight excluding hydrogens is 322 g/mol. The van der Waals surface area contributed by atoms with Crippen LogP contribution in [0.5, 0.6) is 5.75 Å². The summed E-state index contributed by atoms with van der Waals surface area (Å²) in [6.45, 7) is 7.96. The van der Waals surface area contributed by atoms with Gasteiger partial charge < -0.3 is 10.1 Å². The van der Waals surface area contributed by atoms with Gasteiger partial charge in [-0.15, -0.1) is 0 Å². The molecule has 0 saturated heterocycles. The van der Waals surface area contributed by atoms with Gasteiger partial charge in [-0.2, -0.15) is 0 Å². The van der Waals surface area contributed by atoms with E-state index in [1.54, 1.807) is 31.2 Å². The third-order valence-corrected chi connectivity index (χ3v) is 4.37. The molecule has 0 spiro atoms. The number of hydrogen-bond donors (Lipinski definition) is 1.